The first kappa shape index (κ1) is 19.4. The van der Waals surface area contributed by atoms with Crippen molar-refractivity contribution in [2.24, 2.45) is 0 Å². The molecule has 4 rings (SSSR count). The number of rotatable bonds is 6. The number of likely N-dealkylation sites (N-methyl/N-ethyl adjacent to an activating group) is 1. The lowest BCUT2D eigenvalue weighted by molar-refractivity contribution is 0.201. The third-order valence-electron chi connectivity index (χ3n) is 5.80. The number of ether oxygens (including phenoxy) is 1. The first-order valence-corrected chi connectivity index (χ1v) is 10.2. The first-order valence-electron chi connectivity index (χ1n) is 10.2. The lowest BCUT2D eigenvalue weighted by Gasteiger charge is -2.34. The molecule has 0 bridgehead atoms. The number of nitrogens with zero attached hydrogens (tertiary/aromatic N) is 3. The van der Waals surface area contributed by atoms with Gasteiger partial charge in [-0.25, -0.2) is 0 Å². The highest BCUT2D eigenvalue weighted by atomic mass is 16.5. The number of hydrogen-bond acceptors (Lipinski definition) is 5. The predicted octanol–water partition coefficient (Wildman–Crippen LogP) is 4.11. The number of nitrogen functional groups attached to an aromatic ring is 1. The van der Waals surface area contributed by atoms with Crippen LogP contribution in [0.2, 0.25) is 0 Å². The number of methoxy groups -OCH3 is 1. The van der Waals surface area contributed by atoms with Crippen LogP contribution in [0.1, 0.15) is 29.7 Å². The van der Waals surface area contributed by atoms with E-state index in [0.717, 1.165) is 60.6 Å². The molecule has 3 aromatic rings. The number of hydrogen-bond donors (Lipinski definition) is 1. The van der Waals surface area contributed by atoms with Crippen LogP contribution in [0.5, 0.6) is 5.75 Å². The number of fused-ring (bicyclic) bond motifs is 1. The Morgan fingerprint density at radius 1 is 1.03 bits per heavy atom. The SMILES string of the molecule is COc1ccc(-c2ccc(CCCC3Cc4cc(N)ccc4CN3C)nn2)cc1. The maximum atomic E-state index is 5.97. The Labute approximate surface area is 172 Å². The second-order valence-electron chi connectivity index (χ2n) is 7.83. The summed E-state index contributed by atoms with van der Waals surface area (Å²) in [6.07, 6.45) is 4.26. The normalized spacial score (nSPS) is 16.4. The van der Waals surface area contributed by atoms with Gasteiger partial charge in [-0.1, -0.05) is 6.07 Å². The number of benzene rings is 2. The van der Waals surface area contributed by atoms with Crippen LogP contribution in [0.4, 0.5) is 5.69 Å². The van der Waals surface area contributed by atoms with E-state index in [1.54, 1.807) is 7.11 Å². The zero-order valence-corrected chi connectivity index (χ0v) is 17.1. The summed E-state index contributed by atoms with van der Waals surface area (Å²) in [5.74, 6) is 0.844. The van der Waals surface area contributed by atoms with Gasteiger partial charge in [0.05, 0.1) is 18.5 Å². The Morgan fingerprint density at radius 2 is 1.86 bits per heavy atom. The van der Waals surface area contributed by atoms with Crippen molar-refractivity contribution in [2.75, 3.05) is 19.9 Å². The van der Waals surface area contributed by atoms with Crippen LogP contribution in [-0.4, -0.2) is 35.3 Å². The second-order valence-corrected chi connectivity index (χ2v) is 7.83. The van der Waals surface area contributed by atoms with Crippen molar-refractivity contribution in [1.82, 2.24) is 15.1 Å². The molecule has 1 atom stereocenters. The average molecular weight is 389 g/mol. The molecule has 150 valence electrons. The van der Waals surface area contributed by atoms with Gasteiger partial charge in [-0.15, -0.1) is 0 Å². The Balaban J connectivity index is 1.32. The van der Waals surface area contributed by atoms with Crippen LogP contribution in [0.3, 0.4) is 0 Å². The van der Waals surface area contributed by atoms with Crippen molar-refractivity contribution >= 4 is 5.69 Å². The van der Waals surface area contributed by atoms with Crippen LogP contribution < -0.4 is 10.5 Å². The average Bonchev–Trinajstić information content (AvgIpc) is 2.75. The molecule has 1 unspecified atom stereocenters. The molecule has 0 saturated carbocycles. The molecule has 1 aliphatic rings. The van der Waals surface area contributed by atoms with Crippen LogP contribution in [0, 0.1) is 0 Å². The van der Waals surface area contributed by atoms with Crippen LogP contribution >= 0.6 is 0 Å². The van der Waals surface area contributed by atoms with Gasteiger partial charge in [0.25, 0.3) is 0 Å². The van der Waals surface area contributed by atoms with Crippen LogP contribution in [0.15, 0.2) is 54.6 Å². The van der Waals surface area contributed by atoms with E-state index < -0.39 is 0 Å². The van der Waals surface area contributed by atoms with E-state index in [0.29, 0.717) is 6.04 Å². The Morgan fingerprint density at radius 3 is 2.59 bits per heavy atom. The minimum Gasteiger partial charge on any atom is -0.497 e. The summed E-state index contributed by atoms with van der Waals surface area (Å²) in [7, 11) is 3.89. The third-order valence-corrected chi connectivity index (χ3v) is 5.80. The van der Waals surface area contributed by atoms with Crippen molar-refractivity contribution in [1.29, 1.82) is 0 Å². The van der Waals surface area contributed by atoms with E-state index in [4.69, 9.17) is 10.5 Å². The maximum absolute atomic E-state index is 5.97. The molecule has 29 heavy (non-hydrogen) atoms. The number of nitrogens with two attached hydrogens (primary N) is 1. The quantitative estimate of drug-likeness (QED) is 0.644. The third kappa shape index (κ3) is 4.57. The molecule has 5 nitrogen and oxygen atoms in total. The fraction of sp³-hybridized carbons (Fsp3) is 0.333. The summed E-state index contributed by atoms with van der Waals surface area (Å²) in [5.41, 5.74) is 12.6. The Kier molecular flexibility index (Phi) is 5.76. The van der Waals surface area contributed by atoms with E-state index in [1.807, 2.05) is 30.3 Å². The van der Waals surface area contributed by atoms with E-state index >= 15 is 0 Å². The zero-order chi connectivity index (χ0) is 20.2. The summed E-state index contributed by atoms with van der Waals surface area (Å²) < 4.78 is 5.21. The second kappa shape index (κ2) is 8.62. The summed E-state index contributed by atoms with van der Waals surface area (Å²) in [6, 6.07) is 18.9. The van der Waals surface area contributed by atoms with E-state index in [9.17, 15) is 0 Å². The highest BCUT2D eigenvalue weighted by Gasteiger charge is 2.23. The fourth-order valence-corrected chi connectivity index (χ4v) is 4.05. The molecule has 1 aliphatic heterocycles. The molecular formula is C24H28N4O. The molecule has 2 N–H and O–H groups in total. The molecule has 0 radical (unpaired) electrons. The summed E-state index contributed by atoms with van der Waals surface area (Å²) in [6.45, 7) is 0.997. The molecule has 2 heterocycles. The molecule has 0 saturated heterocycles. The smallest absolute Gasteiger partial charge is 0.118 e. The summed E-state index contributed by atoms with van der Waals surface area (Å²) in [5, 5.41) is 8.84. The van der Waals surface area contributed by atoms with Gasteiger partial charge >= 0.3 is 0 Å². The van der Waals surface area contributed by atoms with Crippen LogP contribution in [0.25, 0.3) is 11.3 Å². The highest BCUT2D eigenvalue weighted by molar-refractivity contribution is 5.59. The first-order chi connectivity index (χ1) is 14.1. The fourth-order valence-electron chi connectivity index (χ4n) is 4.05. The predicted molar refractivity (Wildman–Crippen MR) is 117 cm³/mol. The van der Waals surface area contributed by atoms with Crippen molar-refractivity contribution in [3.63, 3.8) is 0 Å². The van der Waals surface area contributed by atoms with Gasteiger partial charge < -0.3 is 10.5 Å². The van der Waals surface area contributed by atoms with E-state index in [-0.39, 0.29) is 0 Å². The van der Waals surface area contributed by atoms with Crippen molar-refractivity contribution < 1.29 is 4.74 Å². The molecule has 0 fully saturated rings. The van der Waals surface area contributed by atoms with Gasteiger partial charge in [0.2, 0.25) is 0 Å². The van der Waals surface area contributed by atoms with Crippen molar-refractivity contribution in [3.05, 3.63) is 71.4 Å². The van der Waals surface area contributed by atoms with Gasteiger partial charge in [-0.3, -0.25) is 4.90 Å². The number of aromatic nitrogens is 2. The molecule has 5 heteroatoms. The molecule has 2 aromatic carbocycles. The standard InChI is InChI=1S/C24H28N4O/c1-28-16-18-6-9-20(25)14-19(18)15-22(28)5-3-4-21-10-13-24(27-26-21)17-7-11-23(29-2)12-8-17/h6-14,22H,3-5,15-16,25H2,1-2H3. The van der Waals surface area contributed by atoms with E-state index in [2.05, 4.69) is 46.4 Å². The largest absolute Gasteiger partial charge is 0.497 e. The Hall–Kier alpha value is -2.92. The molecule has 0 spiro atoms. The van der Waals surface area contributed by atoms with Gasteiger partial charge in [-0.05, 0) is 92.4 Å². The summed E-state index contributed by atoms with van der Waals surface area (Å²) in [4.78, 5) is 2.46. The zero-order valence-electron chi connectivity index (χ0n) is 17.1. The van der Waals surface area contributed by atoms with Crippen molar-refractivity contribution in [3.8, 4) is 17.0 Å². The van der Waals surface area contributed by atoms with Gasteiger partial charge in [0.15, 0.2) is 0 Å². The Bertz CT molecular complexity index is 954. The topological polar surface area (TPSA) is 64.3 Å². The lowest BCUT2D eigenvalue weighted by atomic mass is 9.91. The summed E-state index contributed by atoms with van der Waals surface area (Å²) >= 11 is 0. The molecule has 1 aromatic heterocycles. The van der Waals surface area contributed by atoms with Gasteiger partial charge in [0.1, 0.15) is 5.75 Å². The maximum Gasteiger partial charge on any atom is 0.118 e. The minimum absolute atomic E-state index is 0.552. The van der Waals surface area contributed by atoms with Gasteiger partial charge in [-0.2, -0.15) is 10.2 Å². The van der Waals surface area contributed by atoms with Crippen LogP contribution in [-0.2, 0) is 19.4 Å². The van der Waals surface area contributed by atoms with Gasteiger partial charge in [0, 0.05) is 23.8 Å². The number of aryl methyl sites for hydroxylation is 1. The van der Waals surface area contributed by atoms with Crippen molar-refractivity contribution in [2.45, 2.75) is 38.3 Å². The molecule has 0 aliphatic carbocycles. The number of anilines is 1. The molecule has 0 amide bonds. The lowest BCUT2D eigenvalue weighted by Crippen LogP contribution is -2.37. The monoisotopic (exact) mass is 388 g/mol. The highest BCUT2D eigenvalue weighted by Crippen LogP contribution is 2.26. The molecular weight excluding hydrogens is 360 g/mol. The minimum atomic E-state index is 0.552. The van der Waals surface area contributed by atoms with E-state index in [1.165, 1.54) is 11.1 Å².